The Morgan fingerprint density at radius 2 is 1.93 bits per heavy atom. The number of nitro benzene ring substituents is 1. The standard InChI is InChI=1S/C14H9ClF3N5O4S/c15-9-5-8(14(16,17)18)7-22-12(20-21-13(9)22)6-19-28(26,27)11-4-2-1-3-10(11)23(24)25/h1-5,7,19H,6H2. The fourth-order valence-corrected chi connectivity index (χ4v) is 3.74. The molecule has 0 aliphatic rings. The van der Waals surface area contributed by atoms with Gasteiger partial charge in [-0.05, 0) is 12.1 Å². The molecule has 28 heavy (non-hydrogen) atoms. The van der Waals surface area contributed by atoms with Crippen LogP contribution in [-0.2, 0) is 22.7 Å². The number of hydrogen-bond acceptors (Lipinski definition) is 6. The monoisotopic (exact) mass is 435 g/mol. The lowest BCUT2D eigenvalue weighted by Crippen LogP contribution is -2.25. The van der Waals surface area contributed by atoms with Crippen molar-refractivity contribution < 1.29 is 26.5 Å². The number of fused-ring (bicyclic) bond motifs is 1. The molecule has 9 nitrogen and oxygen atoms in total. The Labute approximate surface area is 160 Å². The molecule has 1 N–H and O–H groups in total. The molecule has 0 saturated heterocycles. The van der Waals surface area contributed by atoms with Crippen molar-refractivity contribution in [3.05, 3.63) is 63.1 Å². The molecular weight excluding hydrogens is 427 g/mol. The molecule has 0 fully saturated rings. The number of aromatic nitrogens is 3. The highest BCUT2D eigenvalue weighted by Gasteiger charge is 2.32. The summed E-state index contributed by atoms with van der Waals surface area (Å²) in [4.78, 5) is 9.55. The van der Waals surface area contributed by atoms with Crippen molar-refractivity contribution in [2.24, 2.45) is 0 Å². The highest BCUT2D eigenvalue weighted by Crippen LogP contribution is 2.32. The second kappa shape index (κ2) is 7.00. The molecule has 2 aromatic heterocycles. The third-order valence-corrected chi connectivity index (χ3v) is 5.36. The van der Waals surface area contributed by atoms with Crippen molar-refractivity contribution in [2.45, 2.75) is 17.6 Å². The predicted molar refractivity (Wildman–Crippen MR) is 90.1 cm³/mol. The molecule has 0 saturated carbocycles. The van der Waals surface area contributed by atoms with Crippen LogP contribution in [0.25, 0.3) is 5.65 Å². The lowest BCUT2D eigenvalue weighted by Gasteiger charge is -2.09. The summed E-state index contributed by atoms with van der Waals surface area (Å²) in [7, 11) is -4.36. The van der Waals surface area contributed by atoms with E-state index in [0.717, 1.165) is 16.5 Å². The van der Waals surface area contributed by atoms with E-state index in [9.17, 15) is 31.7 Å². The van der Waals surface area contributed by atoms with Crippen LogP contribution in [0.5, 0.6) is 0 Å². The van der Waals surface area contributed by atoms with Crippen molar-refractivity contribution in [1.82, 2.24) is 19.3 Å². The highest BCUT2D eigenvalue weighted by atomic mass is 35.5. The largest absolute Gasteiger partial charge is 0.417 e. The van der Waals surface area contributed by atoms with Crippen molar-refractivity contribution in [3.63, 3.8) is 0 Å². The number of para-hydroxylation sites is 1. The van der Waals surface area contributed by atoms with Gasteiger partial charge in [-0.15, -0.1) is 10.2 Å². The van der Waals surface area contributed by atoms with E-state index in [1.54, 1.807) is 0 Å². The minimum Gasteiger partial charge on any atom is -0.283 e. The molecule has 3 rings (SSSR count). The van der Waals surface area contributed by atoms with Gasteiger partial charge in [0, 0.05) is 12.3 Å². The van der Waals surface area contributed by atoms with Gasteiger partial charge in [0.25, 0.3) is 5.69 Å². The van der Waals surface area contributed by atoms with Crippen LogP contribution in [0.3, 0.4) is 0 Å². The summed E-state index contributed by atoms with van der Waals surface area (Å²) in [6.45, 7) is -0.576. The van der Waals surface area contributed by atoms with Crippen LogP contribution in [0.2, 0.25) is 5.02 Å². The summed E-state index contributed by atoms with van der Waals surface area (Å²) in [5.41, 5.74) is -1.83. The first-order chi connectivity index (χ1) is 13.0. The number of nitro groups is 1. The molecule has 0 radical (unpaired) electrons. The van der Waals surface area contributed by atoms with E-state index in [-0.39, 0.29) is 16.5 Å². The van der Waals surface area contributed by atoms with Gasteiger partial charge in [-0.3, -0.25) is 14.5 Å². The third kappa shape index (κ3) is 3.76. The van der Waals surface area contributed by atoms with Crippen molar-refractivity contribution in [1.29, 1.82) is 0 Å². The topological polar surface area (TPSA) is 120 Å². The van der Waals surface area contributed by atoms with E-state index in [0.29, 0.717) is 12.3 Å². The number of rotatable bonds is 5. The Morgan fingerprint density at radius 3 is 2.57 bits per heavy atom. The minimum absolute atomic E-state index is 0.102. The molecule has 2 heterocycles. The van der Waals surface area contributed by atoms with Crippen LogP contribution >= 0.6 is 11.6 Å². The number of alkyl halides is 3. The number of pyridine rings is 1. The second-order valence-corrected chi connectivity index (χ2v) is 7.58. The van der Waals surface area contributed by atoms with Crippen molar-refractivity contribution in [3.8, 4) is 0 Å². The molecule has 148 valence electrons. The zero-order valence-corrected chi connectivity index (χ0v) is 15.1. The van der Waals surface area contributed by atoms with E-state index in [4.69, 9.17) is 11.6 Å². The number of benzene rings is 1. The fourth-order valence-electron chi connectivity index (χ4n) is 2.35. The Kier molecular flexibility index (Phi) is 4.99. The summed E-state index contributed by atoms with van der Waals surface area (Å²) in [5.74, 6) is -0.190. The molecule has 0 amide bonds. The highest BCUT2D eigenvalue weighted by molar-refractivity contribution is 7.89. The average molecular weight is 436 g/mol. The van der Waals surface area contributed by atoms with Crippen LogP contribution in [0.15, 0.2) is 41.4 Å². The third-order valence-electron chi connectivity index (χ3n) is 3.63. The van der Waals surface area contributed by atoms with Crippen LogP contribution in [-0.4, -0.2) is 27.9 Å². The maximum atomic E-state index is 13.0. The molecular formula is C14H9ClF3N5O4S. The van der Waals surface area contributed by atoms with E-state index >= 15 is 0 Å². The summed E-state index contributed by atoms with van der Waals surface area (Å²) >= 11 is 5.79. The summed E-state index contributed by atoms with van der Waals surface area (Å²) < 4.78 is 66.7. The maximum absolute atomic E-state index is 13.0. The second-order valence-electron chi connectivity index (χ2n) is 5.43. The maximum Gasteiger partial charge on any atom is 0.417 e. The molecule has 14 heteroatoms. The molecule has 1 aromatic carbocycles. The van der Waals surface area contributed by atoms with E-state index < -0.39 is 43.8 Å². The minimum atomic E-state index is -4.69. The van der Waals surface area contributed by atoms with Gasteiger partial charge in [0.15, 0.2) is 16.4 Å². The van der Waals surface area contributed by atoms with Crippen LogP contribution in [0, 0.1) is 10.1 Å². The van der Waals surface area contributed by atoms with Gasteiger partial charge in [-0.2, -0.15) is 13.2 Å². The van der Waals surface area contributed by atoms with Crippen LogP contribution < -0.4 is 4.72 Å². The first-order valence-corrected chi connectivity index (χ1v) is 9.20. The average Bonchev–Trinajstić information content (AvgIpc) is 3.03. The number of sulfonamides is 1. The molecule has 0 aliphatic carbocycles. The number of hydrogen-bond donors (Lipinski definition) is 1. The molecule has 3 aromatic rings. The normalized spacial score (nSPS) is 12.4. The molecule has 0 bridgehead atoms. The Hall–Kier alpha value is -2.77. The van der Waals surface area contributed by atoms with Crippen LogP contribution in [0.1, 0.15) is 11.4 Å². The molecule has 0 unspecified atom stereocenters. The van der Waals surface area contributed by atoms with Gasteiger partial charge < -0.3 is 0 Å². The summed E-state index contributed by atoms with van der Waals surface area (Å²) in [6, 6.07) is 5.30. The lowest BCUT2D eigenvalue weighted by molar-refractivity contribution is -0.387. The van der Waals surface area contributed by atoms with Crippen molar-refractivity contribution >= 4 is 33.0 Å². The number of nitrogens with one attached hydrogen (secondary N) is 1. The number of halogens is 4. The number of nitrogens with zero attached hydrogens (tertiary/aromatic N) is 4. The first kappa shape index (κ1) is 20.0. The molecule has 0 spiro atoms. The predicted octanol–water partition coefficient (Wildman–Crippen LogP) is 2.79. The summed E-state index contributed by atoms with van der Waals surface area (Å²) in [6.07, 6.45) is -4.01. The van der Waals surface area contributed by atoms with Gasteiger partial charge >= 0.3 is 6.18 Å². The van der Waals surface area contributed by atoms with E-state index in [1.165, 1.54) is 12.1 Å². The Morgan fingerprint density at radius 1 is 1.25 bits per heavy atom. The zero-order valence-electron chi connectivity index (χ0n) is 13.5. The van der Waals surface area contributed by atoms with Crippen LogP contribution in [0.4, 0.5) is 18.9 Å². The lowest BCUT2D eigenvalue weighted by atomic mass is 10.3. The smallest absolute Gasteiger partial charge is 0.283 e. The van der Waals surface area contributed by atoms with Gasteiger partial charge in [-0.1, -0.05) is 23.7 Å². The van der Waals surface area contributed by atoms with Gasteiger partial charge in [0.1, 0.15) is 0 Å². The van der Waals surface area contributed by atoms with E-state index in [1.807, 2.05) is 0 Å². The fraction of sp³-hybridized carbons (Fsp3) is 0.143. The van der Waals surface area contributed by atoms with Crippen molar-refractivity contribution in [2.75, 3.05) is 0 Å². The Bertz CT molecular complexity index is 1180. The van der Waals surface area contributed by atoms with Gasteiger partial charge in [-0.25, -0.2) is 13.1 Å². The quantitative estimate of drug-likeness (QED) is 0.486. The molecule has 0 atom stereocenters. The zero-order chi connectivity index (χ0) is 20.7. The van der Waals surface area contributed by atoms with Gasteiger partial charge in [0.2, 0.25) is 10.0 Å². The Balaban J connectivity index is 1.96. The van der Waals surface area contributed by atoms with Gasteiger partial charge in [0.05, 0.1) is 22.1 Å². The van der Waals surface area contributed by atoms with E-state index in [2.05, 4.69) is 14.9 Å². The first-order valence-electron chi connectivity index (χ1n) is 7.34. The summed E-state index contributed by atoms with van der Waals surface area (Å²) in [5, 5.41) is 18.0. The molecule has 0 aliphatic heterocycles. The SMILES string of the molecule is O=[N+]([O-])c1ccccc1S(=O)(=O)NCc1nnc2c(Cl)cc(C(F)(F)F)cn12.